The Morgan fingerprint density at radius 3 is 2.30 bits per heavy atom. The third-order valence-corrected chi connectivity index (χ3v) is 11.1. The summed E-state index contributed by atoms with van der Waals surface area (Å²) in [4.78, 5) is 15.9. The third kappa shape index (κ3) is 9.72. The number of carbonyl (C=O) groups excluding carboxylic acids is 1. The molecule has 0 radical (unpaired) electrons. The molecule has 1 fully saturated rings. The van der Waals surface area contributed by atoms with E-state index in [9.17, 15) is 14.3 Å². The number of fused-ring (bicyclic) bond motifs is 1. The number of aromatic nitrogens is 1. The molecule has 1 aromatic heterocycles. The Labute approximate surface area is 322 Å². The Bertz CT molecular complexity index is 1980. The predicted molar refractivity (Wildman–Crippen MR) is 223 cm³/mol. The smallest absolute Gasteiger partial charge is 0.255 e. The van der Waals surface area contributed by atoms with Crippen molar-refractivity contribution in [1.82, 2.24) is 9.47 Å². The van der Waals surface area contributed by atoms with Gasteiger partial charge in [0.05, 0.1) is 0 Å². The van der Waals surface area contributed by atoms with Gasteiger partial charge < -0.3 is 24.6 Å². The van der Waals surface area contributed by atoms with Gasteiger partial charge in [0.25, 0.3) is 5.91 Å². The zero-order valence-electron chi connectivity index (χ0n) is 33.5. The molecule has 1 amide bonds. The zero-order valence-corrected chi connectivity index (χ0v) is 33.5. The number of nitrogens with one attached hydrogen (secondary N) is 1. The van der Waals surface area contributed by atoms with Crippen molar-refractivity contribution in [1.29, 1.82) is 0 Å². The maximum Gasteiger partial charge on any atom is 0.255 e. The van der Waals surface area contributed by atoms with Crippen LogP contribution in [0.1, 0.15) is 113 Å². The van der Waals surface area contributed by atoms with Crippen LogP contribution in [0, 0.1) is 25.6 Å². The molecule has 0 bridgehead atoms. The second kappa shape index (κ2) is 19.1. The number of hydrogen-bond acceptors (Lipinski definition) is 4. The van der Waals surface area contributed by atoms with Crippen molar-refractivity contribution < 1.29 is 19.0 Å². The minimum atomic E-state index is -0.321. The predicted octanol–water partition coefficient (Wildman–Crippen LogP) is 12.6. The van der Waals surface area contributed by atoms with E-state index in [2.05, 4.69) is 61.5 Å². The van der Waals surface area contributed by atoms with Crippen LogP contribution < -0.4 is 10.1 Å². The first-order valence-corrected chi connectivity index (χ1v) is 20.2. The summed E-state index contributed by atoms with van der Waals surface area (Å²) in [6, 6.07) is 23.1. The first-order valence-electron chi connectivity index (χ1n) is 20.2. The Kier molecular flexibility index (Phi) is 14.4. The van der Waals surface area contributed by atoms with E-state index in [1.807, 2.05) is 26.0 Å². The number of ether oxygens (including phenoxy) is 1. The standard InChI is InChI=1S/C45H54FN3O3.C2H6/c1-6-23-48(26-22-30(3)7-2)24-9-25-49-32(5)31(4)40-29-39(20-21-42(40)49)52-38-18-14-35(15-19-38)45(51)47-37-27-41(33-10-8-11-33)44(43(50)28-37)34-12-16-36(46)17-13-34;1-2/h12-21,27-30,33,50H,6-11,22-26H2,1-5H3,(H,47,51);1-2H3. The largest absolute Gasteiger partial charge is 0.507 e. The van der Waals surface area contributed by atoms with Crippen molar-refractivity contribution in [3.8, 4) is 28.4 Å². The molecule has 1 heterocycles. The molecule has 1 aliphatic rings. The van der Waals surface area contributed by atoms with Crippen LogP contribution in [-0.2, 0) is 6.54 Å². The zero-order chi connectivity index (χ0) is 38.8. The van der Waals surface area contributed by atoms with Crippen molar-refractivity contribution in [3.05, 3.63) is 107 Å². The number of carbonyl (C=O) groups is 1. The summed E-state index contributed by atoms with van der Waals surface area (Å²) < 4.78 is 22.3. The molecule has 2 N–H and O–H groups in total. The highest BCUT2D eigenvalue weighted by molar-refractivity contribution is 6.04. The highest BCUT2D eigenvalue weighted by Crippen LogP contribution is 2.46. The molecule has 0 aliphatic heterocycles. The van der Waals surface area contributed by atoms with Crippen molar-refractivity contribution in [2.75, 3.05) is 25.0 Å². The first kappa shape index (κ1) is 40.6. The molecular weight excluding hydrogens is 674 g/mol. The lowest BCUT2D eigenvalue weighted by atomic mass is 9.76. The molecule has 54 heavy (non-hydrogen) atoms. The number of benzene rings is 4. The third-order valence-electron chi connectivity index (χ3n) is 11.1. The normalized spacial score (nSPS) is 13.4. The average molecular weight is 734 g/mol. The quantitative estimate of drug-likeness (QED) is 0.106. The molecule has 6 rings (SSSR count). The number of hydrogen-bond donors (Lipinski definition) is 2. The van der Waals surface area contributed by atoms with Gasteiger partial charge in [-0.2, -0.15) is 0 Å². The molecule has 288 valence electrons. The summed E-state index contributed by atoms with van der Waals surface area (Å²) >= 11 is 0. The molecule has 0 spiro atoms. The molecule has 5 aromatic rings. The van der Waals surface area contributed by atoms with Crippen LogP contribution in [0.4, 0.5) is 10.1 Å². The van der Waals surface area contributed by atoms with E-state index < -0.39 is 0 Å². The Morgan fingerprint density at radius 2 is 1.65 bits per heavy atom. The molecule has 0 saturated heterocycles. The highest BCUT2D eigenvalue weighted by atomic mass is 19.1. The van der Waals surface area contributed by atoms with E-state index in [1.165, 1.54) is 60.1 Å². The number of aryl methyl sites for hydroxylation is 2. The van der Waals surface area contributed by atoms with Crippen LogP contribution in [0.2, 0.25) is 0 Å². The summed E-state index contributed by atoms with van der Waals surface area (Å²) in [7, 11) is 0. The first-order chi connectivity index (χ1) is 26.1. The van der Waals surface area contributed by atoms with E-state index in [1.54, 1.807) is 42.5 Å². The van der Waals surface area contributed by atoms with Gasteiger partial charge in [-0.15, -0.1) is 0 Å². The maximum atomic E-state index is 13.6. The van der Waals surface area contributed by atoms with Crippen LogP contribution in [0.25, 0.3) is 22.0 Å². The molecular formula is C47H60FN3O3. The molecule has 7 heteroatoms. The van der Waals surface area contributed by atoms with E-state index >= 15 is 0 Å². The van der Waals surface area contributed by atoms with Crippen molar-refractivity contribution in [2.24, 2.45) is 5.92 Å². The van der Waals surface area contributed by atoms with E-state index in [0.29, 0.717) is 22.6 Å². The number of rotatable bonds is 16. The van der Waals surface area contributed by atoms with Gasteiger partial charge in [-0.05, 0) is 155 Å². The van der Waals surface area contributed by atoms with Gasteiger partial charge >= 0.3 is 0 Å². The van der Waals surface area contributed by atoms with Gasteiger partial charge in [-0.3, -0.25) is 4.79 Å². The van der Waals surface area contributed by atoms with E-state index in [-0.39, 0.29) is 23.4 Å². The molecule has 1 unspecified atom stereocenters. The molecule has 6 nitrogen and oxygen atoms in total. The summed E-state index contributed by atoms with van der Waals surface area (Å²) in [6.07, 6.45) is 7.96. The number of phenols is 1. The summed E-state index contributed by atoms with van der Waals surface area (Å²) in [5.74, 6) is 1.93. The van der Waals surface area contributed by atoms with Crippen LogP contribution in [0.5, 0.6) is 17.2 Å². The van der Waals surface area contributed by atoms with Crippen LogP contribution in [0.15, 0.2) is 78.9 Å². The van der Waals surface area contributed by atoms with E-state index in [4.69, 9.17) is 4.74 Å². The second-order valence-electron chi connectivity index (χ2n) is 14.7. The molecule has 1 saturated carbocycles. The van der Waals surface area contributed by atoms with Crippen LogP contribution in [-0.4, -0.2) is 40.1 Å². The van der Waals surface area contributed by atoms with E-state index in [0.717, 1.165) is 68.1 Å². The number of amides is 1. The minimum absolute atomic E-state index is 0.0684. The summed E-state index contributed by atoms with van der Waals surface area (Å²) in [5.41, 5.74) is 7.24. The lowest BCUT2D eigenvalue weighted by molar-refractivity contribution is 0.102. The molecule has 1 aliphatic carbocycles. The summed E-state index contributed by atoms with van der Waals surface area (Å²) in [5, 5.41) is 15.2. The second-order valence-corrected chi connectivity index (χ2v) is 14.7. The van der Waals surface area contributed by atoms with Crippen molar-refractivity contribution in [3.63, 3.8) is 0 Å². The van der Waals surface area contributed by atoms with Crippen LogP contribution in [0.3, 0.4) is 0 Å². The lowest BCUT2D eigenvalue weighted by Gasteiger charge is -2.29. The molecule has 1 atom stereocenters. The topological polar surface area (TPSA) is 66.7 Å². The van der Waals surface area contributed by atoms with Crippen molar-refractivity contribution >= 4 is 22.5 Å². The Hall–Kier alpha value is -4.62. The number of phenolic OH excluding ortho intramolecular Hbond substituents is 1. The molecule has 4 aromatic carbocycles. The van der Waals surface area contributed by atoms with Gasteiger partial charge in [0.15, 0.2) is 0 Å². The number of aromatic hydroxyl groups is 1. The summed E-state index contributed by atoms with van der Waals surface area (Å²) in [6.45, 7) is 19.7. The van der Waals surface area contributed by atoms with Crippen LogP contribution >= 0.6 is 0 Å². The Balaban J connectivity index is 0.00000276. The minimum Gasteiger partial charge on any atom is -0.507 e. The Morgan fingerprint density at radius 1 is 0.944 bits per heavy atom. The fourth-order valence-electron chi connectivity index (χ4n) is 7.40. The maximum absolute atomic E-state index is 13.6. The fourth-order valence-corrected chi connectivity index (χ4v) is 7.40. The van der Waals surface area contributed by atoms with Gasteiger partial charge in [0.2, 0.25) is 0 Å². The SMILES string of the molecule is CC.CCCN(CCCn1c(C)c(C)c2cc(Oc3ccc(C(=O)Nc4cc(O)c(-c5ccc(F)cc5)c(C5CCC5)c4)cc3)ccc21)CCC(C)CC. The number of halogens is 1. The van der Waals surface area contributed by atoms with Gasteiger partial charge in [0.1, 0.15) is 23.1 Å². The lowest BCUT2D eigenvalue weighted by Crippen LogP contribution is -2.28. The average Bonchev–Trinajstić information content (AvgIpc) is 3.38. The number of anilines is 1. The van der Waals surface area contributed by atoms with Gasteiger partial charge in [-0.1, -0.05) is 59.6 Å². The number of nitrogens with zero attached hydrogens (tertiary/aromatic N) is 2. The monoisotopic (exact) mass is 733 g/mol. The van der Waals surface area contributed by atoms with Gasteiger partial charge in [-0.25, -0.2) is 4.39 Å². The fraction of sp³-hybridized carbons (Fsp3) is 0.426. The van der Waals surface area contributed by atoms with Crippen molar-refractivity contribution in [2.45, 2.75) is 106 Å². The van der Waals surface area contributed by atoms with Gasteiger partial charge in [0, 0.05) is 46.0 Å². The highest BCUT2D eigenvalue weighted by Gasteiger charge is 2.26.